The summed E-state index contributed by atoms with van der Waals surface area (Å²) in [6, 6.07) is 3.38. The van der Waals surface area contributed by atoms with Gasteiger partial charge in [0.1, 0.15) is 12.3 Å². The van der Waals surface area contributed by atoms with Crippen LogP contribution in [0.15, 0.2) is 18.3 Å². The maximum absolute atomic E-state index is 12.5. The molecule has 1 aromatic rings. The molecule has 1 aliphatic heterocycles. The highest BCUT2D eigenvalue weighted by Gasteiger charge is 2.24. The number of carbonyl (C=O) groups excluding carboxylic acids is 1. The third-order valence-electron chi connectivity index (χ3n) is 3.61. The van der Waals surface area contributed by atoms with Gasteiger partial charge in [0.15, 0.2) is 0 Å². The van der Waals surface area contributed by atoms with Crippen molar-refractivity contribution in [1.82, 2.24) is 9.88 Å². The molecule has 0 spiro atoms. The highest BCUT2D eigenvalue weighted by Crippen LogP contribution is 2.22. The Kier molecular flexibility index (Phi) is 7.09. The number of pyridine rings is 1. The number of piperidine rings is 1. The highest BCUT2D eigenvalue weighted by molar-refractivity contribution is 5.90. The van der Waals surface area contributed by atoms with E-state index in [4.69, 9.17) is 14.2 Å². The average molecular weight is 323 g/mol. The van der Waals surface area contributed by atoms with Crippen LogP contribution in [0.1, 0.15) is 19.8 Å². The van der Waals surface area contributed by atoms with Crippen LogP contribution in [0.2, 0.25) is 0 Å². The van der Waals surface area contributed by atoms with Crippen molar-refractivity contribution in [1.29, 1.82) is 0 Å². The zero-order chi connectivity index (χ0) is 16.5. The van der Waals surface area contributed by atoms with E-state index in [-0.39, 0.29) is 12.1 Å². The molecule has 0 saturated carbocycles. The Morgan fingerprint density at radius 2 is 2.35 bits per heavy atom. The lowest BCUT2D eigenvalue weighted by Gasteiger charge is -2.32. The summed E-state index contributed by atoms with van der Waals surface area (Å²) in [6.07, 6.45) is 3.69. The van der Waals surface area contributed by atoms with Crippen LogP contribution in [0.25, 0.3) is 0 Å². The molecule has 0 bridgehead atoms. The van der Waals surface area contributed by atoms with Gasteiger partial charge in [-0.1, -0.05) is 0 Å². The van der Waals surface area contributed by atoms with Gasteiger partial charge in [0.2, 0.25) is 5.88 Å². The Morgan fingerprint density at radius 3 is 3.13 bits per heavy atom. The molecule has 1 unspecified atom stereocenters. The predicted molar refractivity (Wildman–Crippen MR) is 86.8 cm³/mol. The molecule has 0 aliphatic carbocycles. The molecule has 2 amide bonds. The number of nitrogens with one attached hydrogen (secondary N) is 1. The zero-order valence-corrected chi connectivity index (χ0v) is 13.8. The maximum atomic E-state index is 12.5. The summed E-state index contributed by atoms with van der Waals surface area (Å²) in [7, 11) is 1.61. The first-order valence-corrected chi connectivity index (χ1v) is 7.99. The van der Waals surface area contributed by atoms with E-state index in [0.717, 1.165) is 19.4 Å². The van der Waals surface area contributed by atoms with Gasteiger partial charge in [0, 0.05) is 33.0 Å². The fourth-order valence-corrected chi connectivity index (χ4v) is 2.51. The summed E-state index contributed by atoms with van der Waals surface area (Å²) in [5, 5.41) is 2.87. The van der Waals surface area contributed by atoms with Crippen molar-refractivity contribution >= 4 is 11.7 Å². The van der Waals surface area contributed by atoms with Gasteiger partial charge in [0.05, 0.1) is 12.7 Å². The van der Waals surface area contributed by atoms with E-state index in [0.29, 0.717) is 37.9 Å². The summed E-state index contributed by atoms with van der Waals surface area (Å²) in [4.78, 5) is 18.4. The van der Waals surface area contributed by atoms with Gasteiger partial charge in [-0.2, -0.15) is 0 Å². The SMILES string of the molecule is CCOC1CCCN(C(=O)Nc2cccnc2OCCOC)C1. The Bertz CT molecular complexity index is 496. The van der Waals surface area contributed by atoms with Crippen molar-refractivity contribution < 1.29 is 19.0 Å². The van der Waals surface area contributed by atoms with Gasteiger partial charge in [-0.15, -0.1) is 0 Å². The molecule has 0 radical (unpaired) electrons. The molecular weight excluding hydrogens is 298 g/mol. The van der Waals surface area contributed by atoms with Crippen molar-refractivity contribution in [3.63, 3.8) is 0 Å². The van der Waals surface area contributed by atoms with Crippen LogP contribution in [-0.4, -0.2) is 62.0 Å². The number of hydrogen-bond donors (Lipinski definition) is 1. The van der Waals surface area contributed by atoms with Crippen LogP contribution >= 0.6 is 0 Å². The summed E-state index contributed by atoms with van der Waals surface area (Å²) in [6.45, 7) is 4.83. The van der Waals surface area contributed by atoms with Crippen LogP contribution in [0.4, 0.5) is 10.5 Å². The van der Waals surface area contributed by atoms with E-state index < -0.39 is 0 Å². The fourth-order valence-electron chi connectivity index (χ4n) is 2.51. The Morgan fingerprint density at radius 1 is 1.48 bits per heavy atom. The second kappa shape index (κ2) is 9.32. The molecule has 7 nitrogen and oxygen atoms in total. The largest absolute Gasteiger partial charge is 0.474 e. The lowest BCUT2D eigenvalue weighted by atomic mass is 10.1. The van der Waals surface area contributed by atoms with Crippen molar-refractivity contribution in [3.8, 4) is 5.88 Å². The van der Waals surface area contributed by atoms with E-state index in [1.54, 1.807) is 30.3 Å². The van der Waals surface area contributed by atoms with Crippen LogP contribution < -0.4 is 10.1 Å². The number of ether oxygens (including phenoxy) is 3. The van der Waals surface area contributed by atoms with Gasteiger partial charge in [-0.05, 0) is 31.9 Å². The Balaban J connectivity index is 1.94. The van der Waals surface area contributed by atoms with E-state index in [1.807, 2.05) is 6.92 Å². The van der Waals surface area contributed by atoms with Crippen molar-refractivity contribution in [2.75, 3.05) is 45.3 Å². The molecule has 128 valence electrons. The maximum Gasteiger partial charge on any atom is 0.322 e. The third-order valence-corrected chi connectivity index (χ3v) is 3.61. The fraction of sp³-hybridized carbons (Fsp3) is 0.625. The van der Waals surface area contributed by atoms with Crippen LogP contribution in [-0.2, 0) is 9.47 Å². The van der Waals surface area contributed by atoms with Gasteiger partial charge in [0.25, 0.3) is 0 Å². The molecule has 1 fully saturated rings. The normalized spacial score (nSPS) is 17.8. The van der Waals surface area contributed by atoms with Gasteiger partial charge in [-0.3, -0.25) is 0 Å². The standard InChI is InChI=1S/C16H25N3O4/c1-3-22-13-6-5-9-19(12-13)16(20)18-14-7-4-8-17-15(14)23-11-10-21-2/h4,7-8,13H,3,5-6,9-12H2,1-2H3,(H,18,20). The first kappa shape index (κ1) is 17.5. The van der Waals surface area contributed by atoms with E-state index in [2.05, 4.69) is 10.3 Å². The summed E-state index contributed by atoms with van der Waals surface area (Å²) in [5.41, 5.74) is 0.562. The molecular formula is C16H25N3O4. The molecule has 7 heteroatoms. The van der Waals surface area contributed by atoms with E-state index >= 15 is 0 Å². The number of likely N-dealkylation sites (tertiary alicyclic amines) is 1. The lowest BCUT2D eigenvalue weighted by Crippen LogP contribution is -2.45. The van der Waals surface area contributed by atoms with E-state index in [1.165, 1.54) is 0 Å². The van der Waals surface area contributed by atoms with Gasteiger partial charge in [-0.25, -0.2) is 9.78 Å². The molecule has 0 aromatic carbocycles. The Labute approximate surface area is 136 Å². The number of methoxy groups -OCH3 is 1. The topological polar surface area (TPSA) is 72.9 Å². The number of amides is 2. The zero-order valence-electron chi connectivity index (χ0n) is 13.8. The van der Waals surface area contributed by atoms with Crippen molar-refractivity contribution in [3.05, 3.63) is 18.3 Å². The van der Waals surface area contributed by atoms with Crippen LogP contribution in [0.5, 0.6) is 5.88 Å². The van der Waals surface area contributed by atoms with Gasteiger partial charge >= 0.3 is 6.03 Å². The molecule has 2 rings (SSSR count). The quantitative estimate of drug-likeness (QED) is 0.778. The highest BCUT2D eigenvalue weighted by atomic mass is 16.5. The predicted octanol–water partition coefficient (Wildman–Crippen LogP) is 2.14. The third kappa shape index (κ3) is 5.37. The second-order valence-electron chi connectivity index (χ2n) is 5.29. The molecule has 1 aliphatic rings. The van der Waals surface area contributed by atoms with Gasteiger partial charge < -0.3 is 24.4 Å². The number of anilines is 1. The minimum atomic E-state index is -0.154. The number of hydrogen-bond acceptors (Lipinski definition) is 5. The number of carbonyl (C=O) groups is 1. The summed E-state index contributed by atoms with van der Waals surface area (Å²) < 4.78 is 16.1. The van der Waals surface area contributed by atoms with Crippen molar-refractivity contribution in [2.24, 2.45) is 0 Å². The summed E-state index contributed by atoms with van der Waals surface area (Å²) in [5.74, 6) is 0.399. The monoisotopic (exact) mass is 323 g/mol. The van der Waals surface area contributed by atoms with Crippen LogP contribution in [0, 0.1) is 0 Å². The molecule has 1 N–H and O–H groups in total. The second-order valence-corrected chi connectivity index (χ2v) is 5.29. The molecule has 1 atom stereocenters. The summed E-state index contributed by atoms with van der Waals surface area (Å²) >= 11 is 0. The number of urea groups is 1. The molecule has 1 saturated heterocycles. The van der Waals surface area contributed by atoms with Crippen molar-refractivity contribution in [2.45, 2.75) is 25.9 Å². The molecule has 1 aromatic heterocycles. The van der Waals surface area contributed by atoms with Crippen LogP contribution in [0.3, 0.4) is 0 Å². The minimum absolute atomic E-state index is 0.117. The van der Waals surface area contributed by atoms with E-state index in [9.17, 15) is 4.79 Å². The smallest absolute Gasteiger partial charge is 0.322 e. The first-order chi connectivity index (χ1) is 11.2. The molecule has 2 heterocycles. The molecule has 23 heavy (non-hydrogen) atoms. The number of aromatic nitrogens is 1. The number of rotatable bonds is 7. The first-order valence-electron chi connectivity index (χ1n) is 7.99. The number of nitrogens with zero attached hydrogens (tertiary/aromatic N) is 2. The lowest BCUT2D eigenvalue weighted by molar-refractivity contribution is 0.0181. The average Bonchev–Trinajstić information content (AvgIpc) is 2.57. The Hall–Kier alpha value is -1.86. The minimum Gasteiger partial charge on any atom is -0.474 e.